The molecule has 16 heavy (non-hydrogen) atoms. The summed E-state index contributed by atoms with van der Waals surface area (Å²) in [6, 6.07) is 0.0136. The first-order valence-electron chi connectivity index (χ1n) is 5.00. The minimum Gasteiger partial charge on any atom is -0.493 e. The molecule has 0 unspecified atom stereocenters. The minimum atomic E-state index is -0.696. The second-order valence-electron chi connectivity index (χ2n) is 3.50. The van der Waals surface area contributed by atoms with Crippen LogP contribution in [-0.2, 0) is 23.8 Å². The van der Waals surface area contributed by atoms with Crippen molar-refractivity contribution in [1.29, 1.82) is 0 Å². The summed E-state index contributed by atoms with van der Waals surface area (Å²) in [5.41, 5.74) is 0. The normalized spacial score (nSPS) is 14.6. The Labute approximate surface area is 93.5 Å². The van der Waals surface area contributed by atoms with Crippen molar-refractivity contribution in [2.24, 2.45) is 0 Å². The van der Waals surface area contributed by atoms with Crippen LogP contribution in [0.1, 0.15) is 13.8 Å². The maximum absolute atomic E-state index is 11.3. The zero-order valence-electron chi connectivity index (χ0n) is 9.32. The van der Waals surface area contributed by atoms with Gasteiger partial charge in [-0.25, -0.2) is 4.79 Å². The molecule has 0 spiro atoms. The predicted molar refractivity (Wildman–Crippen MR) is 54.2 cm³/mol. The van der Waals surface area contributed by atoms with Gasteiger partial charge in [-0.15, -0.1) is 0 Å². The summed E-state index contributed by atoms with van der Waals surface area (Å²) in [5, 5.41) is 2.59. The van der Waals surface area contributed by atoms with Gasteiger partial charge in [0.25, 0.3) is 5.91 Å². The van der Waals surface area contributed by atoms with Gasteiger partial charge in [-0.1, -0.05) is 0 Å². The SMILES string of the molecule is CC(C)NC(=O)COC(=O)C1=COCCO1. The van der Waals surface area contributed by atoms with Crippen LogP contribution >= 0.6 is 0 Å². The van der Waals surface area contributed by atoms with Crippen molar-refractivity contribution in [2.45, 2.75) is 19.9 Å². The van der Waals surface area contributed by atoms with Gasteiger partial charge >= 0.3 is 5.97 Å². The average Bonchev–Trinajstić information content (AvgIpc) is 2.26. The monoisotopic (exact) mass is 229 g/mol. The number of rotatable bonds is 4. The van der Waals surface area contributed by atoms with Crippen molar-refractivity contribution in [1.82, 2.24) is 5.32 Å². The first-order chi connectivity index (χ1) is 7.59. The van der Waals surface area contributed by atoms with Crippen LogP contribution in [0.4, 0.5) is 0 Å². The molecule has 1 heterocycles. The predicted octanol–water partition coefficient (Wildman–Crippen LogP) is -0.0576. The fourth-order valence-corrected chi connectivity index (χ4v) is 1.04. The second kappa shape index (κ2) is 5.99. The zero-order chi connectivity index (χ0) is 12.0. The summed E-state index contributed by atoms with van der Waals surface area (Å²) in [7, 11) is 0. The summed E-state index contributed by atoms with van der Waals surface area (Å²) >= 11 is 0. The lowest BCUT2D eigenvalue weighted by Gasteiger charge is -2.14. The number of amides is 1. The van der Waals surface area contributed by atoms with E-state index in [4.69, 9.17) is 14.2 Å². The van der Waals surface area contributed by atoms with E-state index in [2.05, 4.69) is 5.32 Å². The molecule has 1 aliphatic heterocycles. The Bertz CT molecular complexity index is 298. The first-order valence-corrected chi connectivity index (χ1v) is 5.00. The molecule has 0 atom stereocenters. The third-order valence-corrected chi connectivity index (χ3v) is 1.63. The highest BCUT2D eigenvalue weighted by Gasteiger charge is 2.17. The van der Waals surface area contributed by atoms with E-state index in [1.54, 1.807) is 0 Å². The Morgan fingerprint density at radius 3 is 2.81 bits per heavy atom. The zero-order valence-corrected chi connectivity index (χ0v) is 9.32. The number of esters is 1. The van der Waals surface area contributed by atoms with Crippen LogP contribution in [0.2, 0.25) is 0 Å². The lowest BCUT2D eigenvalue weighted by molar-refractivity contribution is -0.149. The van der Waals surface area contributed by atoms with Crippen molar-refractivity contribution in [2.75, 3.05) is 19.8 Å². The largest absolute Gasteiger partial charge is 0.493 e. The molecule has 0 radical (unpaired) electrons. The van der Waals surface area contributed by atoms with Crippen LogP contribution in [0.5, 0.6) is 0 Å². The van der Waals surface area contributed by atoms with E-state index < -0.39 is 5.97 Å². The highest BCUT2D eigenvalue weighted by Crippen LogP contribution is 2.05. The number of carbonyl (C=O) groups is 2. The number of carbonyl (C=O) groups excluding carboxylic acids is 2. The Kier molecular flexibility index (Phi) is 4.63. The van der Waals surface area contributed by atoms with Gasteiger partial charge in [-0.05, 0) is 13.8 Å². The fourth-order valence-electron chi connectivity index (χ4n) is 1.04. The standard InChI is InChI=1S/C10H15NO5/c1-7(2)11-9(12)6-16-10(13)8-5-14-3-4-15-8/h5,7H,3-4,6H2,1-2H3,(H,11,12). The van der Waals surface area contributed by atoms with Gasteiger partial charge in [-0.3, -0.25) is 4.79 Å². The van der Waals surface area contributed by atoms with Gasteiger partial charge in [0.05, 0.1) is 0 Å². The second-order valence-corrected chi connectivity index (χ2v) is 3.50. The summed E-state index contributed by atoms with van der Waals surface area (Å²) < 4.78 is 14.6. The van der Waals surface area contributed by atoms with Crippen LogP contribution in [0, 0.1) is 0 Å². The van der Waals surface area contributed by atoms with E-state index in [9.17, 15) is 9.59 Å². The molecule has 1 rings (SSSR count). The number of hydrogen-bond acceptors (Lipinski definition) is 5. The van der Waals surface area contributed by atoms with Gasteiger partial charge in [0.1, 0.15) is 19.5 Å². The van der Waals surface area contributed by atoms with E-state index in [1.165, 1.54) is 6.26 Å². The number of nitrogens with one attached hydrogen (secondary N) is 1. The Morgan fingerprint density at radius 2 is 2.25 bits per heavy atom. The van der Waals surface area contributed by atoms with Gasteiger partial charge in [0.15, 0.2) is 6.61 Å². The van der Waals surface area contributed by atoms with Crippen LogP contribution in [0.15, 0.2) is 12.0 Å². The molecular weight excluding hydrogens is 214 g/mol. The molecule has 0 fully saturated rings. The fraction of sp³-hybridized carbons (Fsp3) is 0.600. The van der Waals surface area contributed by atoms with Crippen molar-refractivity contribution in [3.05, 3.63) is 12.0 Å². The molecule has 0 aromatic heterocycles. The average molecular weight is 229 g/mol. The first kappa shape index (κ1) is 12.4. The summed E-state index contributed by atoms with van der Waals surface area (Å²) in [4.78, 5) is 22.5. The van der Waals surface area contributed by atoms with E-state index in [0.29, 0.717) is 13.2 Å². The van der Waals surface area contributed by atoms with Gasteiger partial charge < -0.3 is 19.5 Å². The van der Waals surface area contributed by atoms with Crippen LogP contribution in [-0.4, -0.2) is 37.7 Å². The molecule has 0 aliphatic carbocycles. The van der Waals surface area contributed by atoms with E-state index in [1.807, 2.05) is 13.8 Å². The molecule has 1 N–H and O–H groups in total. The summed E-state index contributed by atoms with van der Waals surface area (Å²) in [5.74, 6) is -1.05. The quantitative estimate of drug-likeness (QED) is 0.684. The molecule has 6 heteroatoms. The molecule has 0 bridgehead atoms. The smallest absolute Gasteiger partial charge is 0.377 e. The molecule has 0 aromatic rings. The Morgan fingerprint density at radius 1 is 1.50 bits per heavy atom. The third kappa shape index (κ3) is 4.20. The maximum Gasteiger partial charge on any atom is 0.377 e. The topological polar surface area (TPSA) is 73.9 Å². The van der Waals surface area contributed by atoms with E-state index >= 15 is 0 Å². The molecular formula is C10H15NO5. The van der Waals surface area contributed by atoms with Crippen molar-refractivity contribution >= 4 is 11.9 Å². The molecule has 0 saturated carbocycles. The summed E-state index contributed by atoms with van der Waals surface area (Å²) in [6.07, 6.45) is 1.19. The third-order valence-electron chi connectivity index (χ3n) is 1.63. The lowest BCUT2D eigenvalue weighted by atomic mass is 10.4. The van der Waals surface area contributed by atoms with Gasteiger partial charge in [0, 0.05) is 6.04 Å². The molecule has 1 aliphatic rings. The Hall–Kier alpha value is -1.72. The highest BCUT2D eigenvalue weighted by molar-refractivity contribution is 5.88. The molecule has 0 saturated heterocycles. The van der Waals surface area contributed by atoms with E-state index in [0.717, 1.165) is 0 Å². The molecule has 0 aromatic carbocycles. The van der Waals surface area contributed by atoms with Crippen LogP contribution < -0.4 is 5.32 Å². The molecule has 90 valence electrons. The highest BCUT2D eigenvalue weighted by atomic mass is 16.6. The van der Waals surface area contributed by atoms with Gasteiger partial charge in [0.2, 0.25) is 5.76 Å². The molecule has 1 amide bonds. The number of hydrogen-bond donors (Lipinski definition) is 1. The van der Waals surface area contributed by atoms with E-state index in [-0.39, 0.29) is 24.3 Å². The minimum absolute atomic E-state index is 0.0106. The van der Waals surface area contributed by atoms with Crippen molar-refractivity contribution in [3.8, 4) is 0 Å². The van der Waals surface area contributed by atoms with Crippen molar-refractivity contribution in [3.63, 3.8) is 0 Å². The van der Waals surface area contributed by atoms with Crippen molar-refractivity contribution < 1.29 is 23.8 Å². The van der Waals surface area contributed by atoms with Gasteiger partial charge in [-0.2, -0.15) is 0 Å². The summed E-state index contributed by atoms with van der Waals surface area (Å²) in [6.45, 7) is 4.03. The van der Waals surface area contributed by atoms with Crippen LogP contribution in [0.25, 0.3) is 0 Å². The maximum atomic E-state index is 11.3. The number of ether oxygens (including phenoxy) is 3. The lowest BCUT2D eigenvalue weighted by Crippen LogP contribution is -2.34. The molecule has 6 nitrogen and oxygen atoms in total. The van der Waals surface area contributed by atoms with Crippen LogP contribution in [0.3, 0.4) is 0 Å². The Balaban J connectivity index is 2.29.